The predicted octanol–water partition coefficient (Wildman–Crippen LogP) is 1.74. The van der Waals surface area contributed by atoms with E-state index in [2.05, 4.69) is 13.8 Å². The summed E-state index contributed by atoms with van der Waals surface area (Å²) in [6.45, 7) is 3.26. The van der Waals surface area contributed by atoms with E-state index in [9.17, 15) is 40.2 Å². The second-order valence-corrected chi connectivity index (χ2v) is 11.1. The van der Waals surface area contributed by atoms with Gasteiger partial charge in [-0.15, -0.1) is 0 Å². The summed E-state index contributed by atoms with van der Waals surface area (Å²) in [5.41, 5.74) is 0. The molecule has 7 atom stereocenters. The summed E-state index contributed by atoms with van der Waals surface area (Å²) >= 11 is 0. The molecule has 12 nitrogen and oxygen atoms in total. The molecule has 0 amide bonds. The summed E-state index contributed by atoms with van der Waals surface area (Å²) in [4.78, 5) is 24.2. The van der Waals surface area contributed by atoms with Gasteiger partial charge in [-0.1, -0.05) is 78.1 Å². The van der Waals surface area contributed by atoms with Crippen LogP contribution in [0, 0.1) is 5.92 Å². The van der Waals surface area contributed by atoms with Crippen LogP contribution in [0.25, 0.3) is 0 Å². The molecule has 2 heterocycles. The number of ether oxygens (including phenoxy) is 4. The second-order valence-electron chi connectivity index (χ2n) is 11.1. The fourth-order valence-electron chi connectivity index (χ4n) is 4.68. The highest BCUT2D eigenvalue weighted by Crippen LogP contribution is 2.29. The van der Waals surface area contributed by atoms with Gasteiger partial charge >= 0.3 is 11.9 Å². The average Bonchev–Trinajstić information content (AvgIpc) is 3.20. The van der Waals surface area contributed by atoms with E-state index < -0.39 is 79.6 Å². The normalized spacial score (nSPS) is 27.6. The molecule has 0 radical (unpaired) electrons. The van der Waals surface area contributed by atoms with Gasteiger partial charge in [0.05, 0.1) is 6.61 Å². The van der Waals surface area contributed by atoms with Crippen molar-refractivity contribution < 1.29 is 59.2 Å². The first-order valence-corrected chi connectivity index (χ1v) is 14.5. The maximum Gasteiger partial charge on any atom is 0.378 e. The number of cyclic esters (lactones) is 1. The first-order chi connectivity index (χ1) is 19.1. The Morgan fingerprint density at radius 1 is 0.900 bits per heavy atom. The smallest absolute Gasteiger partial charge is 0.378 e. The van der Waals surface area contributed by atoms with Crippen molar-refractivity contribution >= 4 is 11.9 Å². The van der Waals surface area contributed by atoms with Crippen LogP contribution in [-0.2, 0) is 28.5 Å². The van der Waals surface area contributed by atoms with Crippen LogP contribution in [0.2, 0.25) is 0 Å². The van der Waals surface area contributed by atoms with Crippen molar-refractivity contribution in [2.45, 2.75) is 134 Å². The molecule has 0 aromatic carbocycles. The molecule has 0 unspecified atom stereocenters. The molecule has 40 heavy (non-hydrogen) atoms. The van der Waals surface area contributed by atoms with Gasteiger partial charge in [-0.3, -0.25) is 4.79 Å². The molecule has 0 aromatic rings. The maximum absolute atomic E-state index is 12.2. The lowest BCUT2D eigenvalue weighted by Gasteiger charge is -2.39. The lowest BCUT2D eigenvalue weighted by Crippen LogP contribution is -2.59. The summed E-state index contributed by atoms with van der Waals surface area (Å²) in [5, 5.41) is 59.7. The zero-order chi connectivity index (χ0) is 29.7. The highest BCUT2D eigenvalue weighted by Gasteiger charge is 2.48. The molecule has 6 N–H and O–H groups in total. The van der Waals surface area contributed by atoms with E-state index in [4.69, 9.17) is 18.9 Å². The number of hydrogen-bond donors (Lipinski definition) is 6. The molecule has 0 bridgehead atoms. The van der Waals surface area contributed by atoms with Crippen molar-refractivity contribution in [3.8, 4) is 0 Å². The Kier molecular flexibility index (Phi) is 15.2. The lowest BCUT2D eigenvalue weighted by molar-refractivity contribution is -0.291. The minimum absolute atomic E-state index is 0.181. The van der Waals surface area contributed by atoms with E-state index in [0.717, 1.165) is 25.2 Å². The molecule has 1 fully saturated rings. The largest absolute Gasteiger partial charge is 0.505 e. The molecule has 2 rings (SSSR count). The van der Waals surface area contributed by atoms with Gasteiger partial charge in [-0.05, 0) is 12.3 Å². The molecule has 2 aliphatic heterocycles. The van der Waals surface area contributed by atoms with Crippen molar-refractivity contribution in [1.29, 1.82) is 0 Å². The maximum atomic E-state index is 12.2. The zero-order valence-corrected chi connectivity index (χ0v) is 23.7. The SMILES string of the molecule is CC(C)CCCCCCCCCCCCC(=O)OC[C@H](O)[C@H]1OC(=O)C(O[C@@H]2O[C@H](CO)[C@@H](O)[C@H](O)[C@H]2O)=C1O. The fourth-order valence-corrected chi connectivity index (χ4v) is 4.68. The number of carbonyl (C=O) groups excluding carboxylic acids is 2. The topological polar surface area (TPSA) is 192 Å². The molecule has 2 aliphatic rings. The Morgan fingerprint density at radius 2 is 1.48 bits per heavy atom. The Hall–Kier alpha value is -1.96. The highest BCUT2D eigenvalue weighted by atomic mass is 16.7. The highest BCUT2D eigenvalue weighted by molar-refractivity contribution is 5.89. The van der Waals surface area contributed by atoms with Crippen LogP contribution in [0.4, 0.5) is 0 Å². The van der Waals surface area contributed by atoms with Crippen molar-refractivity contribution in [3.63, 3.8) is 0 Å². The van der Waals surface area contributed by atoms with Gasteiger partial charge in [0.25, 0.3) is 0 Å². The number of aliphatic hydroxyl groups excluding tert-OH is 6. The minimum Gasteiger partial charge on any atom is -0.505 e. The van der Waals surface area contributed by atoms with Gasteiger partial charge in [0.2, 0.25) is 12.0 Å². The summed E-state index contributed by atoms with van der Waals surface area (Å²) in [5.74, 6) is -2.53. The van der Waals surface area contributed by atoms with Gasteiger partial charge < -0.3 is 49.6 Å². The van der Waals surface area contributed by atoms with Crippen LogP contribution in [0.3, 0.4) is 0 Å². The number of esters is 2. The number of carbonyl (C=O) groups is 2. The van der Waals surface area contributed by atoms with E-state index in [1.54, 1.807) is 0 Å². The molecule has 0 aromatic heterocycles. The van der Waals surface area contributed by atoms with Crippen molar-refractivity contribution in [3.05, 3.63) is 11.5 Å². The number of rotatable bonds is 19. The Balaban J connectivity index is 1.63. The Bertz CT molecular complexity index is 798. The second kappa shape index (κ2) is 17.8. The third-order valence-electron chi connectivity index (χ3n) is 7.18. The Morgan fingerprint density at radius 3 is 2.05 bits per heavy atom. The number of unbranched alkanes of at least 4 members (excludes halogenated alkanes) is 9. The predicted molar refractivity (Wildman–Crippen MR) is 142 cm³/mol. The van der Waals surface area contributed by atoms with Crippen molar-refractivity contribution in [1.82, 2.24) is 0 Å². The summed E-state index contributed by atoms with van der Waals surface area (Å²) in [6, 6.07) is 0. The van der Waals surface area contributed by atoms with Gasteiger partial charge in [-0.2, -0.15) is 0 Å². The molecule has 1 saturated heterocycles. The van der Waals surface area contributed by atoms with E-state index >= 15 is 0 Å². The first kappa shape index (κ1) is 34.2. The zero-order valence-electron chi connectivity index (χ0n) is 23.7. The molecular formula is C28H48O12. The van der Waals surface area contributed by atoms with Crippen molar-refractivity contribution in [2.75, 3.05) is 13.2 Å². The number of aliphatic hydroxyl groups is 6. The van der Waals surface area contributed by atoms with E-state index in [-0.39, 0.29) is 6.42 Å². The van der Waals surface area contributed by atoms with E-state index in [0.29, 0.717) is 6.42 Å². The van der Waals surface area contributed by atoms with Crippen LogP contribution in [0.5, 0.6) is 0 Å². The van der Waals surface area contributed by atoms with Gasteiger partial charge in [0, 0.05) is 6.42 Å². The molecular weight excluding hydrogens is 528 g/mol. The van der Waals surface area contributed by atoms with Crippen LogP contribution < -0.4 is 0 Å². The summed E-state index contributed by atoms with van der Waals surface area (Å²) in [6.07, 6.45) is 1.43. The number of hydrogen-bond acceptors (Lipinski definition) is 12. The quantitative estimate of drug-likeness (QED) is 0.0965. The molecule has 0 saturated carbocycles. The van der Waals surface area contributed by atoms with Crippen LogP contribution in [-0.4, -0.2) is 98.7 Å². The standard InChI is InChI=1S/C28H48O12/c1-17(2)13-11-9-7-5-3-4-6-8-10-12-14-20(31)37-16-18(30)25-24(35)26(27(36)39-25)40-28-23(34)22(33)21(32)19(15-29)38-28/h17-19,21-23,25,28-30,32-35H,3-16H2,1-2H3/t18-,19+,21+,22-,23+,25+,28-/m0/s1. The van der Waals surface area contributed by atoms with E-state index in [1.165, 1.54) is 44.9 Å². The monoisotopic (exact) mass is 576 g/mol. The third kappa shape index (κ3) is 10.8. The van der Waals surface area contributed by atoms with Crippen molar-refractivity contribution in [2.24, 2.45) is 5.92 Å². The van der Waals surface area contributed by atoms with Crippen LogP contribution >= 0.6 is 0 Å². The van der Waals surface area contributed by atoms with Crippen LogP contribution in [0.1, 0.15) is 90.9 Å². The molecule has 0 spiro atoms. The minimum atomic E-state index is -1.82. The first-order valence-electron chi connectivity index (χ1n) is 14.5. The fraction of sp³-hybridized carbons (Fsp3) is 0.857. The molecule has 0 aliphatic carbocycles. The molecule has 232 valence electrons. The third-order valence-corrected chi connectivity index (χ3v) is 7.18. The summed E-state index contributed by atoms with van der Waals surface area (Å²) in [7, 11) is 0. The Labute approximate surface area is 235 Å². The van der Waals surface area contributed by atoms with Gasteiger partial charge in [0.15, 0.2) is 11.9 Å². The van der Waals surface area contributed by atoms with Gasteiger partial charge in [0.1, 0.15) is 37.1 Å². The average molecular weight is 577 g/mol. The van der Waals surface area contributed by atoms with Gasteiger partial charge in [-0.25, -0.2) is 4.79 Å². The molecule has 12 heteroatoms. The van der Waals surface area contributed by atoms with Crippen LogP contribution in [0.15, 0.2) is 11.5 Å². The van der Waals surface area contributed by atoms with E-state index in [1.807, 2.05) is 0 Å². The summed E-state index contributed by atoms with van der Waals surface area (Å²) < 4.78 is 20.3. The lowest BCUT2D eigenvalue weighted by atomic mass is 9.99.